The molecule has 0 saturated carbocycles. The lowest BCUT2D eigenvalue weighted by atomic mass is 9.75. The van der Waals surface area contributed by atoms with Crippen molar-refractivity contribution in [1.29, 1.82) is 0 Å². The van der Waals surface area contributed by atoms with Crippen molar-refractivity contribution < 1.29 is 14.4 Å². The fourth-order valence-corrected chi connectivity index (χ4v) is 6.71. The molecule has 32 heavy (non-hydrogen) atoms. The molecule has 0 aliphatic carbocycles. The molecule has 3 saturated heterocycles. The van der Waals surface area contributed by atoms with Crippen LogP contribution in [-0.2, 0) is 19.9 Å². The van der Waals surface area contributed by atoms with E-state index in [2.05, 4.69) is 11.5 Å². The minimum absolute atomic E-state index is 0.132. The van der Waals surface area contributed by atoms with E-state index in [1.807, 2.05) is 24.3 Å². The van der Waals surface area contributed by atoms with Crippen molar-refractivity contribution in [2.24, 2.45) is 11.8 Å². The van der Waals surface area contributed by atoms with E-state index < -0.39 is 17.4 Å². The molecule has 6 rings (SSSR count). The van der Waals surface area contributed by atoms with Gasteiger partial charge >= 0.3 is 0 Å². The number of imide groups is 1. The van der Waals surface area contributed by atoms with Gasteiger partial charge in [-0.2, -0.15) is 0 Å². The lowest BCUT2D eigenvalue weighted by molar-refractivity contribution is -0.137. The molecule has 3 fully saturated rings. The molecular formula is C25H22ClN3O3. The summed E-state index contributed by atoms with van der Waals surface area (Å²) in [6, 6.07) is 14.3. The molecule has 7 heteroatoms. The minimum Gasteiger partial charge on any atom is -0.306 e. The average molecular weight is 448 g/mol. The van der Waals surface area contributed by atoms with Gasteiger partial charge in [0.05, 0.1) is 17.5 Å². The second kappa shape index (κ2) is 6.77. The zero-order valence-corrected chi connectivity index (χ0v) is 18.2. The Bertz CT molecular complexity index is 1200. The molecule has 0 aromatic heterocycles. The summed E-state index contributed by atoms with van der Waals surface area (Å²) in [5, 5.41) is 0.455. The number of hydrogen-bond acceptors (Lipinski definition) is 4. The first-order chi connectivity index (χ1) is 15.5. The van der Waals surface area contributed by atoms with Crippen LogP contribution in [0.2, 0.25) is 5.02 Å². The van der Waals surface area contributed by atoms with Gasteiger partial charge in [-0.1, -0.05) is 41.9 Å². The molecule has 0 radical (unpaired) electrons. The second-order valence-electron chi connectivity index (χ2n) is 8.89. The zero-order chi connectivity index (χ0) is 22.2. The van der Waals surface area contributed by atoms with Crippen LogP contribution in [-0.4, -0.2) is 41.8 Å². The Morgan fingerprint density at radius 2 is 1.91 bits per heavy atom. The Kier molecular flexibility index (Phi) is 4.17. The highest BCUT2D eigenvalue weighted by molar-refractivity contribution is 6.31. The zero-order valence-electron chi connectivity index (χ0n) is 17.4. The fourth-order valence-electron chi connectivity index (χ4n) is 6.52. The van der Waals surface area contributed by atoms with Crippen molar-refractivity contribution in [3.63, 3.8) is 0 Å². The van der Waals surface area contributed by atoms with E-state index in [0.29, 0.717) is 23.8 Å². The quantitative estimate of drug-likeness (QED) is 0.534. The molecule has 6 nitrogen and oxygen atoms in total. The molecule has 4 atom stereocenters. The van der Waals surface area contributed by atoms with Crippen molar-refractivity contribution in [3.05, 3.63) is 71.8 Å². The number of para-hydroxylation sites is 1. The first-order valence-electron chi connectivity index (χ1n) is 10.9. The second-order valence-corrected chi connectivity index (χ2v) is 9.32. The smallest absolute Gasteiger partial charge is 0.253 e. The van der Waals surface area contributed by atoms with Crippen LogP contribution in [0.15, 0.2) is 61.2 Å². The van der Waals surface area contributed by atoms with Crippen molar-refractivity contribution in [2.75, 3.05) is 22.9 Å². The van der Waals surface area contributed by atoms with Crippen LogP contribution < -0.4 is 9.80 Å². The number of carbonyl (C=O) groups is 3. The summed E-state index contributed by atoms with van der Waals surface area (Å²) in [5.41, 5.74) is 0.916. The van der Waals surface area contributed by atoms with Gasteiger partial charge < -0.3 is 4.90 Å². The lowest BCUT2D eigenvalue weighted by Crippen LogP contribution is -2.56. The molecule has 2 aromatic carbocycles. The van der Waals surface area contributed by atoms with Gasteiger partial charge in [0.2, 0.25) is 11.8 Å². The number of halogens is 1. The van der Waals surface area contributed by atoms with E-state index in [1.165, 1.54) is 4.90 Å². The van der Waals surface area contributed by atoms with Gasteiger partial charge in [0.1, 0.15) is 5.54 Å². The number of hydrogen-bond donors (Lipinski definition) is 0. The fraction of sp³-hybridized carbons (Fsp3) is 0.320. The molecule has 0 N–H and O–H groups in total. The van der Waals surface area contributed by atoms with Gasteiger partial charge in [-0.3, -0.25) is 19.3 Å². The Labute approximate surface area is 191 Å². The molecule has 4 heterocycles. The van der Waals surface area contributed by atoms with Crippen molar-refractivity contribution in [3.8, 4) is 0 Å². The average Bonchev–Trinajstić information content (AvgIpc) is 3.48. The summed E-state index contributed by atoms with van der Waals surface area (Å²) in [4.78, 5) is 46.9. The molecule has 2 aromatic rings. The highest BCUT2D eigenvalue weighted by Gasteiger charge is 2.75. The largest absolute Gasteiger partial charge is 0.306 e. The summed E-state index contributed by atoms with van der Waals surface area (Å²) >= 11 is 6.17. The molecular weight excluding hydrogens is 426 g/mol. The normalized spacial score (nSPS) is 30.9. The van der Waals surface area contributed by atoms with Crippen LogP contribution in [0.5, 0.6) is 0 Å². The number of carbonyl (C=O) groups excluding carboxylic acids is 3. The summed E-state index contributed by atoms with van der Waals surface area (Å²) in [6.45, 7) is 4.86. The highest BCUT2D eigenvalue weighted by Crippen LogP contribution is 2.61. The van der Waals surface area contributed by atoms with E-state index >= 15 is 0 Å². The number of rotatable bonds is 3. The van der Waals surface area contributed by atoms with E-state index in [0.717, 1.165) is 24.1 Å². The number of anilines is 2. The van der Waals surface area contributed by atoms with Gasteiger partial charge in [-0.05, 0) is 43.7 Å². The molecule has 1 spiro atoms. The minimum atomic E-state index is -1.16. The van der Waals surface area contributed by atoms with E-state index in [4.69, 9.17) is 11.6 Å². The summed E-state index contributed by atoms with van der Waals surface area (Å²) in [6.07, 6.45) is 3.38. The molecule has 0 bridgehead atoms. The standard InChI is InChI=1S/C25H22ClN3O3/c1-2-12-27-18-10-4-3-9-17(18)25(24(27)32)21-20(19-11-6-13-28(19)25)22(30)29(23(21)31)16-8-5-7-15(26)14-16/h2-5,7-10,14,19-21H,1,6,11-13H2/t19-,20-,21+,25-/m1/s1. The van der Waals surface area contributed by atoms with Crippen LogP contribution in [0.4, 0.5) is 11.4 Å². The topological polar surface area (TPSA) is 60.9 Å². The first kappa shape index (κ1) is 19.7. The molecule has 3 amide bonds. The summed E-state index contributed by atoms with van der Waals surface area (Å²) in [7, 11) is 0. The summed E-state index contributed by atoms with van der Waals surface area (Å²) < 4.78 is 0. The van der Waals surface area contributed by atoms with Crippen molar-refractivity contribution in [1.82, 2.24) is 4.90 Å². The maximum absolute atomic E-state index is 14.1. The third-order valence-electron chi connectivity index (χ3n) is 7.52. The third-order valence-corrected chi connectivity index (χ3v) is 7.76. The Morgan fingerprint density at radius 1 is 1.09 bits per heavy atom. The number of benzene rings is 2. The predicted molar refractivity (Wildman–Crippen MR) is 121 cm³/mol. The number of nitrogens with zero attached hydrogens (tertiary/aromatic N) is 3. The van der Waals surface area contributed by atoms with Crippen molar-refractivity contribution >= 4 is 40.7 Å². The third kappa shape index (κ3) is 2.21. The van der Waals surface area contributed by atoms with Crippen LogP contribution >= 0.6 is 11.6 Å². The monoisotopic (exact) mass is 447 g/mol. The van der Waals surface area contributed by atoms with Gasteiger partial charge in [0.15, 0.2) is 0 Å². The van der Waals surface area contributed by atoms with Crippen molar-refractivity contribution in [2.45, 2.75) is 24.4 Å². The number of fused-ring (bicyclic) bond motifs is 7. The van der Waals surface area contributed by atoms with E-state index in [1.54, 1.807) is 35.2 Å². The Balaban J connectivity index is 1.57. The molecule has 4 aliphatic rings. The van der Waals surface area contributed by atoms with Gasteiger partial charge in [-0.25, -0.2) is 4.90 Å². The molecule has 162 valence electrons. The van der Waals surface area contributed by atoms with Crippen LogP contribution in [0.1, 0.15) is 18.4 Å². The van der Waals surface area contributed by atoms with E-state index in [-0.39, 0.29) is 23.8 Å². The van der Waals surface area contributed by atoms with Gasteiger partial charge in [-0.15, -0.1) is 6.58 Å². The van der Waals surface area contributed by atoms with Crippen LogP contribution in [0.3, 0.4) is 0 Å². The lowest BCUT2D eigenvalue weighted by Gasteiger charge is -2.37. The van der Waals surface area contributed by atoms with Gasteiger partial charge in [0.25, 0.3) is 5.91 Å². The van der Waals surface area contributed by atoms with Gasteiger partial charge in [0, 0.05) is 28.9 Å². The van der Waals surface area contributed by atoms with E-state index in [9.17, 15) is 14.4 Å². The maximum Gasteiger partial charge on any atom is 0.253 e. The Hall–Kier alpha value is -2.96. The first-order valence-corrected chi connectivity index (χ1v) is 11.3. The Morgan fingerprint density at radius 3 is 2.69 bits per heavy atom. The van der Waals surface area contributed by atoms with Crippen LogP contribution in [0, 0.1) is 11.8 Å². The SMILES string of the molecule is C=CCN1C(=O)[C@@]2(c3ccccc31)[C@@H]1C(=O)N(c3cccc(Cl)c3)C(=O)[C@@H]1[C@H]1CCCN12. The summed E-state index contributed by atoms with van der Waals surface area (Å²) in [5.74, 6) is -2.00. The predicted octanol–water partition coefficient (Wildman–Crippen LogP) is 3.35. The molecule has 0 unspecified atom stereocenters. The molecule has 4 aliphatic heterocycles. The maximum atomic E-state index is 14.1. The number of amides is 3. The van der Waals surface area contributed by atoms with Crippen LogP contribution in [0.25, 0.3) is 0 Å². The highest BCUT2D eigenvalue weighted by atomic mass is 35.5.